The lowest BCUT2D eigenvalue weighted by Crippen LogP contribution is -1.93. The number of aromatic nitrogens is 2. The summed E-state index contributed by atoms with van der Waals surface area (Å²) in [5.74, 6) is 0.553. The summed E-state index contributed by atoms with van der Waals surface area (Å²) in [4.78, 5) is 18.2. The van der Waals surface area contributed by atoms with Crippen LogP contribution in [0, 0.1) is 6.92 Å². The summed E-state index contributed by atoms with van der Waals surface area (Å²) in [5, 5.41) is 0. The highest BCUT2D eigenvalue weighted by molar-refractivity contribution is 5.86. The molecule has 4 nitrogen and oxygen atoms in total. The smallest absolute Gasteiger partial charge is 0.330 e. The van der Waals surface area contributed by atoms with Gasteiger partial charge in [-0.15, -0.1) is 0 Å². The molecule has 1 rings (SSSR count). The van der Waals surface area contributed by atoms with Crippen molar-refractivity contribution in [1.29, 1.82) is 0 Å². The van der Waals surface area contributed by atoms with Crippen LogP contribution in [-0.4, -0.2) is 23.0 Å². The predicted molar refractivity (Wildman–Crippen MR) is 53.8 cm³/mol. The Morgan fingerprint density at radius 1 is 1.64 bits per heavy atom. The number of nitrogens with one attached hydrogen (secondary N) is 1. The molecular weight excluding hydrogens is 180 g/mol. The highest BCUT2D eigenvalue weighted by atomic mass is 16.5. The van der Waals surface area contributed by atoms with Gasteiger partial charge in [-0.3, -0.25) is 0 Å². The lowest BCUT2D eigenvalue weighted by Gasteiger charge is -1.89. The van der Waals surface area contributed by atoms with Gasteiger partial charge >= 0.3 is 5.97 Å². The van der Waals surface area contributed by atoms with Crippen LogP contribution >= 0.6 is 0 Å². The minimum Gasteiger partial charge on any atom is -0.466 e. The first kappa shape index (κ1) is 10.5. The van der Waals surface area contributed by atoms with Crippen LogP contribution in [0.2, 0.25) is 0 Å². The summed E-state index contributed by atoms with van der Waals surface area (Å²) in [7, 11) is 1.35. The van der Waals surface area contributed by atoms with E-state index >= 15 is 0 Å². The van der Waals surface area contributed by atoms with E-state index in [2.05, 4.69) is 14.7 Å². The molecule has 4 heteroatoms. The van der Waals surface area contributed by atoms with E-state index in [1.807, 2.05) is 13.8 Å². The molecule has 0 aromatic carbocycles. The van der Waals surface area contributed by atoms with Crippen LogP contribution in [0.15, 0.2) is 6.08 Å². The monoisotopic (exact) mass is 194 g/mol. The van der Waals surface area contributed by atoms with Gasteiger partial charge in [0.05, 0.1) is 12.8 Å². The van der Waals surface area contributed by atoms with E-state index in [4.69, 9.17) is 0 Å². The van der Waals surface area contributed by atoms with Gasteiger partial charge in [-0.05, 0) is 13.0 Å². The fraction of sp³-hybridized carbons (Fsp3) is 0.400. The Bertz CT molecular complexity index is 353. The molecule has 0 unspecified atom stereocenters. The van der Waals surface area contributed by atoms with Crippen molar-refractivity contribution < 1.29 is 9.53 Å². The fourth-order valence-corrected chi connectivity index (χ4v) is 1.08. The van der Waals surface area contributed by atoms with Crippen LogP contribution in [-0.2, 0) is 16.0 Å². The van der Waals surface area contributed by atoms with Gasteiger partial charge in [0.1, 0.15) is 5.82 Å². The highest BCUT2D eigenvalue weighted by Crippen LogP contribution is 2.07. The summed E-state index contributed by atoms with van der Waals surface area (Å²) in [5.41, 5.74) is 1.74. The summed E-state index contributed by atoms with van der Waals surface area (Å²) >= 11 is 0. The van der Waals surface area contributed by atoms with Crippen LogP contribution in [0.5, 0.6) is 0 Å². The number of hydrogen-bond acceptors (Lipinski definition) is 3. The lowest BCUT2D eigenvalue weighted by molar-refractivity contribution is -0.134. The zero-order valence-corrected chi connectivity index (χ0v) is 8.63. The van der Waals surface area contributed by atoms with Crippen molar-refractivity contribution in [3.63, 3.8) is 0 Å². The second-order valence-corrected chi connectivity index (χ2v) is 2.90. The summed E-state index contributed by atoms with van der Waals surface area (Å²) in [6, 6.07) is 0. The molecule has 0 aliphatic heterocycles. The SMILES string of the molecule is CCc1nc(/C=C/C(=O)OC)c(C)[nH]1. The van der Waals surface area contributed by atoms with Gasteiger partial charge in [0, 0.05) is 18.2 Å². The minimum absolute atomic E-state index is 0.370. The van der Waals surface area contributed by atoms with Gasteiger partial charge in [-0.25, -0.2) is 9.78 Å². The number of ether oxygens (including phenoxy) is 1. The van der Waals surface area contributed by atoms with E-state index in [1.165, 1.54) is 13.2 Å². The molecule has 1 aromatic heterocycles. The van der Waals surface area contributed by atoms with Gasteiger partial charge in [0.15, 0.2) is 0 Å². The maximum absolute atomic E-state index is 10.8. The molecular formula is C10H14N2O2. The van der Waals surface area contributed by atoms with E-state index in [0.717, 1.165) is 23.6 Å². The van der Waals surface area contributed by atoms with Crippen molar-refractivity contribution in [2.45, 2.75) is 20.3 Å². The Balaban J connectivity index is 2.80. The van der Waals surface area contributed by atoms with E-state index in [1.54, 1.807) is 6.08 Å². The molecule has 14 heavy (non-hydrogen) atoms. The van der Waals surface area contributed by atoms with Crippen LogP contribution in [0.4, 0.5) is 0 Å². The number of imidazole rings is 1. The molecule has 0 radical (unpaired) electrons. The maximum atomic E-state index is 10.8. The predicted octanol–water partition coefficient (Wildman–Crippen LogP) is 1.47. The van der Waals surface area contributed by atoms with Crippen LogP contribution in [0.3, 0.4) is 0 Å². The Morgan fingerprint density at radius 2 is 2.36 bits per heavy atom. The number of H-pyrrole nitrogens is 1. The molecule has 1 heterocycles. The first-order valence-electron chi connectivity index (χ1n) is 4.49. The van der Waals surface area contributed by atoms with Crippen LogP contribution in [0.1, 0.15) is 24.1 Å². The number of aromatic amines is 1. The number of hydrogen-bond donors (Lipinski definition) is 1. The fourth-order valence-electron chi connectivity index (χ4n) is 1.08. The number of carbonyl (C=O) groups excluding carboxylic acids is 1. The third-order valence-corrected chi connectivity index (χ3v) is 1.88. The van der Waals surface area contributed by atoms with Gasteiger partial charge in [0.25, 0.3) is 0 Å². The average Bonchev–Trinajstić information content (AvgIpc) is 2.55. The Kier molecular flexibility index (Phi) is 3.45. The molecule has 0 atom stereocenters. The number of rotatable bonds is 3. The molecule has 1 aromatic rings. The molecule has 0 aliphatic rings. The molecule has 0 fully saturated rings. The van der Waals surface area contributed by atoms with Crippen LogP contribution in [0.25, 0.3) is 6.08 Å². The number of nitrogens with zero attached hydrogens (tertiary/aromatic N) is 1. The zero-order valence-electron chi connectivity index (χ0n) is 8.63. The topological polar surface area (TPSA) is 55.0 Å². The van der Waals surface area contributed by atoms with Gasteiger partial charge in [-0.2, -0.15) is 0 Å². The van der Waals surface area contributed by atoms with Gasteiger partial charge < -0.3 is 9.72 Å². The Labute approximate surface area is 83.0 Å². The first-order valence-corrected chi connectivity index (χ1v) is 4.49. The van der Waals surface area contributed by atoms with Crippen molar-refractivity contribution in [2.75, 3.05) is 7.11 Å². The first-order chi connectivity index (χ1) is 6.67. The van der Waals surface area contributed by atoms with E-state index in [9.17, 15) is 4.79 Å². The summed E-state index contributed by atoms with van der Waals surface area (Å²) in [6.45, 7) is 3.94. The van der Waals surface area contributed by atoms with Crippen molar-refractivity contribution in [1.82, 2.24) is 9.97 Å². The zero-order chi connectivity index (χ0) is 10.6. The Morgan fingerprint density at radius 3 is 2.86 bits per heavy atom. The van der Waals surface area contributed by atoms with Crippen molar-refractivity contribution in [3.8, 4) is 0 Å². The third kappa shape index (κ3) is 2.45. The van der Waals surface area contributed by atoms with Crippen molar-refractivity contribution >= 4 is 12.0 Å². The molecule has 1 N–H and O–H groups in total. The maximum Gasteiger partial charge on any atom is 0.330 e. The van der Waals surface area contributed by atoms with E-state index in [-0.39, 0.29) is 5.97 Å². The molecule has 0 spiro atoms. The van der Waals surface area contributed by atoms with Gasteiger partial charge in [-0.1, -0.05) is 6.92 Å². The Hall–Kier alpha value is -1.58. The average molecular weight is 194 g/mol. The standard InChI is InChI=1S/C10H14N2O2/c1-4-9-11-7(2)8(12-9)5-6-10(13)14-3/h5-6H,4H2,1-3H3,(H,11,12)/b6-5+. The van der Waals surface area contributed by atoms with E-state index < -0.39 is 0 Å². The number of methoxy groups -OCH3 is 1. The quantitative estimate of drug-likeness (QED) is 0.585. The third-order valence-electron chi connectivity index (χ3n) is 1.88. The largest absolute Gasteiger partial charge is 0.466 e. The number of aryl methyl sites for hydroxylation is 2. The summed E-state index contributed by atoms with van der Waals surface area (Å²) < 4.78 is 4.48. The van der Waals surface area contributed by atoms with Crippen molar-refractivity contribution in [3.05, 3.63) is 23.3 Å². The molecule has 0 saturated heterocycles. The highest BCUT2D eigenvalue weighted by Gasteiger charge is 2.02. The minimum atomic E-state index is -0.370. The van der Waals surface area contributed by atoms with Crippen molar-refractivity contribution in [2.24, 2.45) is 0 Å². The molecule has 0 aliphatic carbocycles. The second kappa shape index (κ2) is 4.60. The lowest BCUT2D eigenvalue weighted by atomic mass is 10.3. The molecule has 0 bridgehead atoms. The normalized spacial score (nSPS) is 10.8. The molecule has 76 valence electrons. The summed E-state index contributed by atoms with van der Waals surface area (Å²) in [6.07, 6.45) is 3.87. The van der Waals surface area contributed by atoms with E-state index in [0.29, 0.717) is 0 Å². The van der Waals surface area contributed by atoms with Gasteiger partial charge in [0.2, 0.25) is 0 Å². The second-order valence-electron chi connectivity index (χ2n) is 2.90. The number of carbonyl (C=O) groups is 1. The van der Waals surface area contributed by atoms with Crippen LogP contribution < -0.4 is 0 Å². The molecule has 0 saturated carbocycles. The number of esters is 1. The molecule has 0 amide bonds.